The molecule has 1 rings (SSSR count). The number of nitrogens with two attached hydrogens (primary N) is 1. The first-order chi connectivity index (χ1) is 7.58. The first-order valence-corrected chi connectivity index (χ1v) is 5.55. The second kappa shape index (κ2) is 6.10. The van der Waals surface area contributed by atoms with Gasteiger partial charge in [0.2, 0.25) is 5.91 Å². The standard InChI is InChI=1S/C12H19N3O/c1-9(2)5-6-14-12(16)7-11-4-3-10(13)8-15-11/h3-4,8-9H,5-7,13H2,1-2H3,(H,14,16). The van der Waals surface area contributed by atoms with Crippen molar-refractivity contribution in [1.82, 2.24) is 10.3 Å². The Morgan fingerprint density at radius 1 is 1.50 bits per heavy atom. The van der Waals surface area contributed by atoms with Gasteiger partial charge in [-0.25, -0.2) is 0 Å². The van der Waals surface area contributed by atoms with Gasteiger partial charge < -0.3 is 11.1 Å². The number of pyridine rings is 1. The molecule has 0 fully saturated rings. The second-order valence-corrected chi connectivity index (χ2v) is 4.29. The van der Waals surface area contributed by atoms with Crippen molar-refractivity contribution in [3.63, 3.8) is 0 Å². The summed E-state index contributed by atoms with van der Waals surface area (Å²) in [6.45, 7) is 4.99. The lowest BCUT2D eigenvalue weighted by Crippen LogP contribution is -2.27. The van der Waals surface area contributed by atoms with E-state index in [1.165, 1.54) is 0 Å². The topological polar surface area (TPSA) is 68.0 Å². The fraction of sp³-hybridized carbons (Fsp3) is 0.500. The summed E-state index contributed by atoms with van der Waals surface area (Å²) in [7, 11) is 0. The van der Waals surface area contributed by atoms with Crippen LogP contribution in [0.3, 0.4) is 0 Å². The average Bonchev–Trinajstić information content (AvgIpc) is 2.21. The number of hydrogen-bond donors (Lipinski definition) is 2. The van der Waals surface area contributed by atoms with Gasteiger partial charge in [0, 0.05) is 12.2 Å². The quantitative estimate of drug-likeness (QED) is 0.789. The highest BCUT2D eigenvalue weighted by molar-refractivity contribution is 5.78. The third-order valence-corrected chi connectivity index (χ3v) is 2.23. The first kappa shape index (κ1) is 12.5. The molecule has 0 unspecified atom stereocenters. The molecule has 88 valence electrons. The van der Waals surface area contributed by atoms with Crippen LogP contribution in [0.5, 0.6) is 0 Å². The van der Waals surface area contributed by atoms with Crippen LogP contribution in [0.25, 0.3) is 0 Å². The number of carbonyl (C=O) groups is 1. The van der Waals surface area contributed by atoms with Gasteiger partial charge in [0.05, 0.1) is 18.3 Å². The maximum Gasteiger partial charge on any atom is 0.226 e. The van der Waals surface area contributed by atoms with Gasteiger partial charge in [-0.3, -0.25) is 9.78 Å². The molecule has 0 radical (unpaired) electrons. The predicted molar refractivity (Wildman–Crippen MR) is 64.8 cm³/mol. The van der Waals surface area contributed by atoms with Crippen LogP contribution in [0.4, 0.5) is 5.69 Å². The molecule has 0 spiro atoms. The Balaban J connectivity index is 2.31. The molecule has 3 N–H and O–H groups in total. The number of anilines is 1. The molecule has 1 amide bonds. The van der Waals surface area contributed by atoms with E-state index >= 15 is 0 Å². The molecule has 4 heteroatoms. The number of rotatable bonds is 5. The number of nitrogens with zero attached hydrogens (tertiary/aromatic N) is 1. The van der Waals surface area contributed by atoms with E-state index in [1.807, 2.05) is 0 Å². The number of carbonyl (C=O) groups excluding carboxylic acids is 1. The summed E-state index contributed by atoms with van der Waals surface area (Å²) in [5.41, 5.74) is 6.87. The van der Waals surface area contributed by atoms with Crippen LogP contribution in [-0.2, 0) is 11.2 Å². The monoisotopic (exact) mass is 221 g/mol. The Hall–Kier alpha value is -1.58. The zero-order valence-electron chi connectivity index (χ0n) is 9.86. The van der Waals surface area contributed by atoms with Gasteiger partial charge in [-0.05, 0) is 24.5 Å². The molecule has 0 aliphatic heterocycles. The van der Waals surface area contributed by atoms with E-state index in [2.05, 4.69) is 24.1 Å². The lowest BCUT2D eigenvalue weighted by atomic mass is 10.1. The molecule has 0 bridgehead atoms. The van der Waals surface area contributed by atoms with Crippen molar-refractivity contribution in [3.8, 4) is 0 Å². The number of nitrogen functional groups attached to an aromatic ring is 1. The fourth-order valence-corrected chi connectivity index (χ4v) is 1.27. The molecule has 0 atom stereocenters. The molecule has 1 aromatic heterocycles. The van der Waals surface area contributed by atoms with Gasteiger partial charge >= 0.3 is 0 Å². The molecule has 1 heterocycles. The highest BCUT2D eigenvalue weighted by Gasteiger charge is 2.04. The molecule has 16 heavy (non-hydrogen) atoms. The van der Waals surface area contributed by atoms with Gasteiger partial charge in [0.15, 0.2) is 0 Å². The van der Waals surface area contributed by atoms with Gasteiger partial charge in [0.1, 0.15) is 0 Å². The first-order valence-electron chi connectivity index (χ1n) is 5.55. The van der Waals surface area contributed by atoms with E-state index in [9.17, 15) is 4.79 Å². The zero-order chi connectivity index (χ0) is 12.0. The predicted octanol–water partition coefficient (Wildman–Crippen LogP) is 1.37. The molecule has 0 aliphatic carbocycles. The Morgan fingerprint density at radius 3 is 2.81 bits per heavy atom. The van der Waals surface area contributed by atoms with E-state index in [4.69, 9.17) is 5.73 Å². The van der Waals surface area contributed by atoms with E-state index in [0.29, 0.717) is 18.0 Å². The van der Waals surface area contributed by atoms with Crippen molar-refractivity contribution in [2.75, 3.05) is 12.3 Å². The molecule has 1 aromatic rings. The smallest absolute Gasteiger partial charge is 0.226 e. The minimum Gasteiger partial charge on any atom is -0.397 e. The van der Waals surface area contributed by atoms with Crippen molar-refractivity contribution in [1.29, 1.82) is 0 Å². The van der Waals surface area contributed by atoms with Crippen LogP contribution in [0.15, 0.2) is 18.3 Å². The minimum absolute atomic E-state index is 0.0120. The molecular formula is C12H19N3O. The largest absolute Gasteiger partial charge is 0.397 e. The zero-order valence-corrected chi connectivity index (χ0v) is 9.86. The van der Waals surface area contributed by atoms with E-state index in [1.54, 1.807) is 18.3 Å². The van der Waals surface area contributed by atoms with Crippen LogP contribution < -0.4 is 11.1 Å². The van der Waals surface area contributed by atoms with Crippen molar-refractivity contribution >= 4 is 11.6 Å². The number of amides is 1. The lowest BCUT2D eigenvalue weighted by molar-refractivity contribution is -0.120. The van der Waals surface area contributed by atoms with Crippen LogP contribution >= 0.6 is 0 Å². The molecule has 4 nitrogen and oxygen atoms in total. The van der Waals surface area contributed by atoms with Crippen LogP contribution in [-0.4, -0.2) is 17.4 Å². The van der Waals surface area contributed by atoms with Crippen molar-refractivity contribution in [2.24, 2.45) is 5.92 Å². The summed E-state index contributed by atoms with van der Waals surface area (Å²) in [5, 5.41) is 2.87. The summed E-state index contributed by atoms with van der Waals surface area (Å²) in [5.74, 6) is 0.618. The Bertz CT molecular complexity index is 333. The highest BCUT2D eigenvalue weighted by Crippen LogP contribution is 2.02. The third-order valence-electron chi connectivity index (χ3n) is 2.23. The maximum atomic E-state index is 11.5. The van der Waals surface area contributed by atoms with Gasteiger partial charge in [-0.1, -0.05) is 13.8 Å². The van der Waals surface area contributed by atoms with Crippen LogP contribution in [0, 0.1) is 5.92 Å². The minimum atomic E-state index is 0.0120. The molecule has 0 saturated heterocycles. The second-order valence-electron chi connectivity index (χ2n) is 4.29. The fourth-order valence-electron chi connectivity index (χ4n) is 1.27. The van der Waals surface area contributed by atoms with E-state index in [0.717, 1.165) is 18.7 Å². The lowest BCUT2D eigenvalue weighted by Gasteiger charge is -2.06. The van der Waals surface area contributed by atoms with E-state index < -0.39 is 0 Å². The summed E-state index contributed by atoms with van der Waals surface area (Å²) in [6, 6.07) is 3.53. The van der Waals surface area contributed by atoms with Crippen molar-refractivity contribution in [2.45, 2.75) is 26.7 Å². The SMILES string of the molecule is CC(C)CCNC(=O)Cc1ccc(N)cn1. The highest BCUT2D eigenvalue weighted by atomic mass is 16.1. The van der Waals surface area contributed by atoms with Crippen LogP contribution in [0.1, 0.15) is 26.0 Å². The maximum absolute atomic E-state index is 11.5. The number of aromatic nitrogens is 1. The summed E-state index contributed by atoms with van der Waals surface area (Å²) in [6.07, 6.45) is 2.88. The molecule has 0 aliphatic rings. The Kier molecular flexibility index (Phi) is 4.76. The van der Waals surface area contributed by atoms with Gasteiger partial charge in [-0.15, -0.1) is 0 Å². The van der Waals surface area contributed by atoms with Crippen molar-refractivity contribution < 1.29 is 4.79 Å². The number of nitrogens with one attached hydrogen (secondary N) is 1. The summed E-state index contributed by atoms with van der Waals surface area (Å²) < 4.78 is 0. The Morgan fingerprint density at radius 2 is 2.25 bits per heavy atom. The normalized spacial score (nSPS) is 10.4. The van der Waals surface area contributed by atoms with E-state index in [-0.39, 0.29) is 5.91 Å². The number of hydrogen-bond acceptors (Lipinski definition) is 3. The average molecular weight is 221 g/mol. The molecule has 0 saturated carbocycles. The molecular weight excluding hydrogens is 202 g/mol. The summed E-state index contributed by atoms with van der Waals surface area (Å²) in [4.78, 5) is 15.6. The Labute approximate surface area is 96.3 Å². The van der Waals surface area contributed by atoms with Crippen LogP contribution in [0.2, 0.25) is 0 Å². The van der Waals surface area contributed by atoms with Gasteiger partial charge in [-0.2, -0.15) is 0 Å². The van der Waals surface area contributed by atoms with Crippen molar-refractivity contribution in [3.05, 3.63) is 24.0 Å². The summed E-state index contributed by atoms with van der Waals surface area (Å²) >= 11 is 0. The van der Waals surface area contributed by atoms with Gasteiger partial charge in [0.25, 0.3) is 0 Å². The molecule has 0 aromatic carbocycles. The third kappa shape index (κ3) is 4.77.